The summed E-state index contributed by atoms with van der Waals surface area (Å²) in [4.78, 5) is 11.8. The minimum absolute atomic E-state index is 0.218. The van der Waals surface area contributed by atoms with Crippen LogP contribution in [-0.2, 0) is 6.61 Å². The molecule has 0 fully saturated rings. The normalized spacial score (nSPS) is 12.4. The highest BCUT2D eigenvalue weighted by molar-refractivity contribution is 6.30. The number of rotatable bonds is 1. The maximum Gasteiger partial charge on any atom is 0.446 e. The van der Waals surface area contributed by atoms with E-state index in [-0.39, 0.29) is 6.61 Å². The second-order valence-corrected chi connectivity index (χ2v) is 5.12. The van der Waals surface area contributed by atoms with Crippen molar-refractivity contribution >= 4 is 11.6 Å². The van der Waals surface area contributed by atoms with E-state index in [0.717, 1.165) is 11.1 Å². The summed E-state index contributed by atoms with van der Waals surface area (Å²) in [7, 11) is 0. The summed E-state index contributed by atoms with van der Waals surface area (Å²) < 4.78 is 11.7. The van der Waals surface area contributed by atoms with Gasteiger partial charge in [0.15, 0.2) is 12.4 Å². The van der Waals surface area contributed by atoms with Gasteiger partial charge in [0.05, 0.1) is 5.69 Å². The highest BCUT2D eigenvalue weighted by atomic mass is 35.5. The summed E-state index contributed by atoms with van der Waals surface area (Å²) >= 11 is 6.02. The fourth-order valence-corrected chi connectivity index (χ4v) is 2.60. The number of fused-ring (bicyclic) bond motifs is 3. The summed E-state index contributed by atoms with van der Waals surface area (Å²) in [5.41, 5.74) is 2.52. The summed E-state index contributed by atoms with van der Waals surface area (Å²) in [6.45, 7) is 0.218. The Balaban J connectivity index is 1.92. The van der Waals surface area contributed by atoms with Crippen LogP contribution in [0.2, 0.25) is 5.02 Å². The summed E-state index contributed by atoms with van der Waals surface area (Å²) in [6.07, 6.45) is 0. The van der Waals surface area contributed by atoms with Gasteiger partial charge in [-0.1, -0.05) is 35.0 Å². The van der Waals surface area contributed by atoms with Crippen LogP contribution in [-0.4, -0.2) is 9.72 Å². The lowest BCUT2D eigenvalue weighted by Crippen LogP contribution is -2.21. The predicted octanol–water partition coefficient (Wildman–Crippen LogP) is 3.04. The third-order valence-corrected chi connectivity index (χ3v) is 3.62. The van der Waals surface area contributed by atoms with Crippen LogP contribution in [0.1, 0.15) is 5.82 Å². The van der Waals surface area contributed by atoms with E-state index in [0.29, 0.717) is 22.3 Å². The van der Waals surface area contributed by atoms with Crippen molar-refractivity contribution in [3.05, 3.63) is 63.9 Å². The SMILES string of the molecule is O=c1onc2n1-c1cc(-c3cccc(Cl)c3)ccc1OC2. The molecule has 0 saturated heterocycles. The first-order chi connectivity index (χ1) is 10.2. The standard InChI is InChI=1S/C15H9ClN2O3/c16-11-3-1-2-9(6-11)10-4-5-13-12(7-10)18-14(8-20-13)17-21-15(18)19/h1-7H,8H2. The Morgan fingerprint density at radius 3 is 2.86 bits per heavy atom. The van der Waals surface area contributed by atoms with E-state index in [9.17, 15) is 4.79 Å². The Labute approximate surface area is 124 Å². The zero-order chi connectivity index (χ0) is 14.4. The Bertz CT molecular complexity index is 898. The first-order valence-electron chi connectivity index (χ1n) is 6.33. The third-order valence-electron chi connectivity index (χ3n) is 3.38. The topological polar surface area (TPSA) is 57.3 Å². The Morgan fingerprint density at radius 1 is 1.14 bits per heavy atom. The lowest BCUT2D eigenvalue weighted by Gasteiger charge is -2.18. The molecule has 2 aromatic carbocycles. The van der Waals surface area contributed by atoms with E-state index < -0.39 is 5.76 Å². The lowest BCUT2D eigenvalue weighted by molar-refractivity contribution is 0.274. The molecule has 3 aromatic rings. The highest BCUT2D eigenvalue weighted by Gasteiger charge is 2.22. The van der Waals surface area contributed by atoms with Gasteiger partial charge in [-0.15, -0.1) is 0 Å². The smallest absolute Gasteiger partial charge is 0.446 e. The molecule has 0 bridgehead atoms. The average molecular weight is 301 g/mol. The van der Waals surface area contributed by atoms with Crippen molar-refractivity contribution in [1.82, 2.24) is 9.72 Å². The van der Waals surface area contributed by atoms with Gasteiger partial charge in [0.1, 0.15) is 5.75 Å². The van der Waals surface area contributed by atoms with Gasteiger partial charge >= 0.3 is 5.76 Å². The van der Waals surface area contributed by atoms with E-state index in [1.165, 1.54) is 4.57 Å². The molecule has 4 rings (SSSR count). The Hall–Kier alpha value is -2.53. The zero-order valence-electron chi connectivity index (χ0n) is 10.7. The molecule has 2 heterocycles. The molecule has 0 radical (unpaired) electrons. The number of benzene rings is 2. The number of hydrogen-bond donors (Lipinski definition) is 0. The predicted molar refractivity (Wildman–Crippen MR) is 76.9 cm³/mol. The molecule has 5 nitrogen and oxygen atoms in total. The number of halogens is 1. The molecule has 104 valence electrons. The fraction of sp³-hybridized carbons (Fsp3) is 0.0667. The largest absolute Gasteiger partial charge is 0.483 e. The molecule has 0 aliphatic carbocycles. The average Bonchev–Trinajstić information content (AvgIpc) is 2.88. The van der Waals surface area contributed by atoms with E-state index >= 15 is 0 Å². The molecule has 0 atom stereocenters. The van der Waals surface area contributed by atoms with Gasteiger partial charge in [-0.2, -0.15) is 0 Å². The third kappa shape index (κ3) is 1.94. The van der Waals surface area contributed by atoms with Crippen LogP contribution >= 0.6 is 11.6 Å². The zero-order valence-corrected chi connectivity index (χ0v) is 11.5. The minimum Gasteiger partial charge on any atom is -0.483 e. The van der Waals surface area contributed by atoms with Crippen LogP contribution in [0.25, 0.3) is 16.8 Å². The molecule has 1 aliphatic heterocycles. The van der Waals surface area contributed by atoms with E-state index in [2.05, 4.69) is 5.16 Å². The van der Waals surface area contributed by atoms with Gasteiger partial charge in [-0.3, -0.25) is 4.52 Å². The first-order valence-corrected chi connectivity index (χ1v) is 6.71. The van der Waals surface area contributed by atoms with Crippen LogP contribution < -0.4 is 10.5 Å². The minimum atomic E-state index is -0.516. The number of ether oxygens (including phenoxy) is 1. The second kappa shape index (κ2) is 4.49. The summed E-state index contributed by atoms with van der Waals surface area (Å²) in [6, 6.07) is 13.1. The molecule has 0 unspecified atom stereocenters. The quantitative estimate of drug-likeness (QED) is 0.693. The van der Waals surface area contributed by atoms with Crippen molar-refractivity contribution in [3.63, 3.8) is 0 Å². The summed E-state index contributed by atoms with van der Waals surface area (Å²) in [5.74, 6) is 0.562. The van der Waals surface area contributed by atoms with Gasteiger partial charge < -0.3 is 4.74 Å². The molecule has 0 spiro atoms. The molecule has 0 N–H and O–H groups in total. The molecule has 1 aliphatic rings. The fourth-order valence-electron chi connectivity index (χ4n) is 2.41. The van der Waals surface area contributed by atoms with Crippen LogP contribution in [0, 0.1) is 0 Å². The van der Waals surface area contributed by atoms with Crippen LogP contribution in [0.4, 0.5) is 0 Å². The van der Waals surface area contributed by atoms with Crippen LogP contribution in [0.15, 0.2) is 51.8 Å². The monoisotopic (exact) mass is 300 g/mol. The van der Waals surface area contributed by atoms with Gasteiger partial charge in [0, 0.05) is 5.02 Å². The van der Waals surface area contributed by atoms with Crippen molar-refractivity contribution in [2.75, 3.05) is 0 Å². The van der Waals surface area contributed by atoms with Crippen molar-refractivity contribution in [2.24, 2.45) is 0 Å². The molecule has 0 saturated carbocycles. The van der Waals surface area contributed by atoms with E-state index in [1.54, 1.807) is 0 Å². The van der Waals surface area contributed by atoms with Gasteiger partial charge in [0.2, 0.25) is 0 Å². The van der Waals surface area contributed by atoms with Gasteiger partial charge in [0.25, 0.3) is 0 Å². The van der Waals surface area contributed by atoms with Gasteiger partial charge in [-0.25, -0.2) is 9.36 Å². The van der Waals surface area contributed by atoms with Crippen molar-refractivity contribution in [1.29, 1.82) is 0 Å². The lowest BCUT2D eigenvalue weighted by atomic mass is 10.0. The first kappa shape index (κ1) is 12.2. The number of hydrogen-bond acceptors (Lipinski definition) is 4. The highest BCUT2D eigenvalue weighted by Crippen LogP contribution is 2.33. The van der Waals surface area contributed by atoms with Crippen LogP contribution in [0.5, 0.6) is 5.75 Å². The molecular weight excluding hydrogens is 292 g/mol. The maximum atomic E-state index is 11.8. The number of nitrogens with zero attached hydrogens (tertiary/aromatic N) is 2. The molecule has 1 aromatic heterocycles. The Morgan fingerprint density at radius 2 is 2.00 bits per heavy atom. The Kier molecular flexibility index (Phi) is 2.62. The maximum absolute atomic E-state index is 11.8. The van der Waals surface area contributed by atoms with Crippen LogP contribution in [0.3, 0.4) is 0 Å². The molecular formula is C15H9ClN2O3. The summed E-state index contributed by atoms with van der Waals surface area (Å²) in [5, 5.41) is 4.36. The second-order valence-electron chi connectivity index (χ2n) is 4.68. The van der Waals surface area contributed by atoms with Crippen molar-refractivity contribution in [3.8, 4) is 22.6 Å². The molecule has 6 heteroatoms. The molecule has 0 amide bonds. The van der Waals surface area contributed by atoms with Gasteiger partial charge in [-0.05, 0) is 35.4 Å². The molecule has 21 heavy (non-hydrogen) atoms. The number of aromatic nitrogens is 2. The van der Waals surface area contributed by atoms with Crippen molar-refractivity contribution < 1.29 is 9.26 Å². The van der Waals surface area contributed by atoms with Crippen molar-refractivity contribution in [2.45, 2.75) is 6.61 Å². The van der Waals surface area contributed by atoms with E-state index in [1.807, 2.05) is 42.5 Å². The van der Waals surface area contributed by atoms with E-state index in [4.69, 9.17) is 20.9 Å².